The van der Waals surface area contributed by atoms with Crippen LogP contribution in [0.2, 0.25) is 0 Å². The monoisotopic (exact) mass is 423 g/mol. The molecule has 31 heavy (non-hydrogen) atoms. The van der Waals surface area contributed by atoms with Crippen LogP contribution in [0.25, 0.3) is 0 Å². The highest BCUT2D eigenvalue weighted by molar-refractivity contribution is 5.82. The summed E-state index contributed by atoms with van der Waals surface area (Å²) in [6, 6.07) is 2.10. The van der Waals surface area contributed by atoms with Crippen molar-refractivity contribution in [1.29, 1.82) is 5.26 Å². The molecule has 1 N–H and O–H groups in total. The standard InChI is InChI=1S/C26H37N3O2/c1-24(31)10-11-25(2)18(12-24)4-5-19-20-6-7-22(26(20,3)9-8-21(19)25)23(30)16-29-15-17(13-27)14-28-29/h14-15,18-22,31H,4-12,16H2,1-3H3/t18-,19-,20-,21-,22+,24+,25-,26-/m0/s1. The first-order valence-corrected chi connectivity index (χ1v) is 12.3. The van der Waals surface area contributed by atoms with Gasteiger partial charge in [0.25, 0.3) is 0 Å². The van der Waals surface area contributed by atoms with Crippen molar-refractivity contribution in [2.45, 2.75) is 90.7 Å². The molecule has 4 saturated carbocycles. The molecule has 5 heteroatoms. The largest absolute Gasteiger partial charge is 0.390 e. The molecule has 168 valence electrons. The molecule has 0 aromatic carbocycles. The first-order valence-electron chi connectivity index (χ1n) is 12.3. The summed E-state index contributed by atoms with van der Waals surface area (Å²) in [5.41, 5.74) is 0.493. The number of nitrogens with zero attached hydrogens (tertiary/aromatic N) is 3. The maximum absolute atomic E-state index is 13.3. The van der Waals surface area contributed by atoms with Crippen molar-refractivity contribution in [3.05, 3.63) is 18.0 Å². The average molecular weight is 424 g/mol. The molecular formula is C26H37N3O2. The number of nitriles is 1. The second-order valence-corrected chi connectivity index (χ2v) is 12.0. The molecule has 5 nitrogen and oxygen atoms in total. The summed E-state index contributed by atoms with van der Waals surface area (Å²) in [4.78, 5) is 13.3. The van der Waals surface area contributed by atoms with E-state index in [9.17, 15) is 9.90 Å². The molecule has 0 unspecified atom stereocenters. The van der Waals surface area contributed by atoms with Gasteiger partial charge < -0.3 is 5.11 Å². The van der Waals surface area contributed by atoms with E-state index in [1.807, 2.05) is 6.92 Å². The first kappa shape index (κ1) is 21.2. The first-order chi connectivity index (χ1) is 14.7. The highest BCUT2D eigenvalue weighted by Gasteiger charge is 2.61. The quantitative estimate of drug-likeness (QED) is 0.762. The highest BCUT2D eigenvalue weighted by Crippen LogP contribution is 2.68. The zero-order chi connectivity index (χ0) is 22.0. The Morgan fingerprint density at radius 1 is 1.13 bits per heavy atom. The Morgan fingerprint density at radius 2 is 1.90 bits per heavy atom. The second-order valence-electron chi connectivity index (χ2n) is 12.0. The third-order valence-electron chi connectivity index (χ3n) is 10.4. The van der Waals surface area contributed by atoms with E-state index >= 15 is 0 Å². The van der Waals surface area contributed by atoms with E-state index in [1.165, 1.54) is 25.7 Å². The predicted molar refractivity (Wildman–Crippen MR) is 118 cm³/mol. The van der Waals surface area contributed by atoms with E-state index in [2.05, 4.69) is 25.0 Å². The van der Waals surface area contributed by atoms with Crippen LogP contribution in [-0.4, -0.2) is 26.3 Å². The molecule has 0 bridgehead atoms. The molecule has 1 aromatic rings. The number of hydrogen-bond acceptors (Lipinski definition) is 4. The lowest BCUT2D eigenvalue weighted by Gasteiger charge is -2.61. The number of aromatic nitrogens is 2. The predicted octanol–water partition coefficient (Wildman–Crippen LogP) is 4.73. The number of hydrogen-bond donors (Lipinski definition) is 1. The third kappa shape index (κ3) is 3.28. The second kappa shape index (κ2) is 7.17. The summed E-state index contributed by atoms with van der Waals surface area (Å²) in [7, 11) is 0. The summed E-state index contributed by atoms with van der Waals surface area (Å²) in [6.45, 7) is 7.24. The van der Waals surface area contributed by atoms with Crippen molar-refractivity contribution < 1.29 is 9.90 Å². The summed E-state index contributed by atoms with van der Waals surface area (Å²) >= 11 is 0. The molecule has 0 saturated heterocycles. The highest BCUT2D eigenvalue weighted by atomic mass is 16.3. The Bertz CT molecular complexity index is 914. The van der Waals surface area contributed by atoms with E-state index in [0.717, 1.165) is 43.9 Å². The summed E-state index contributed by atoms with van der Waals surface area (Å²) in [6.07, 6.45) is 13.3. The molecule has 4 aliphatic carbocycles. The Labute approximate surface area is 186 Å². The van der Waals surface area contributed by atoms with Gasteiger partial charge >= 0.3 is 0 Å². The van der Waals surface area contributed by atoms with Gasteiger partial charge in [-0.15, -0.1) is 0 Å². The van der Waals surface area contributed by atoms with E-state index < -0.39 is 5.60 Å². The van der Waals surface area contributed by atoms with Crippen molar-refractivity contribution in [3.8, 4) is 6.07 Å². The van der Waals surface area contributed by atoms with Crippen molar-refractivity contribution in [1.82, 2.24) is 9.78 Å². The molecule has 1 aromatic heterocycles. The van der Waals surface area contributed by atoms with Crippen LogP contribution in [0.3, 0.4) is 0 Å². The van der Waals surface area contributed by atoms with Gasteiger partial charge in [0.05, 0.1) is 23.9 Å². The molecule has 4 aliphatic rings. The smallest absolute Gasteiger partial charge is 0.157 e. The average Bonchev–Trinajstić information content (AvgIpc) is 3.31. The molecule has 5 rings (SSSR count). The van der Waals surface area contributed by atoms with Crippen LogP contribution in [0.1, 0.15) is 84.1 Å². The van der Waals surface area contributed by atoms with Crippen LogP contribution in [0, 0.1) is 51.8 Å². The van der Waals surface area contributed by atoms with Crippen LogP contribution in [-0.2, 0) is 11.3 Å². The Balaban J connectivity index is 1.34. The van der Waals surface area contributed by atoms with E-state index in [0.29, 0.717) is 28.6 Å². The molecule has 0 aliphatic heterocycles. The van der Waals surface area contributed by atoms with Gasteiger partial charge in [0.2, 0.25) is 0 Å². The Morgan fingerprint density at radius 3 is 2.65 bits per heavy atom. The lowest BCUT2D eigenvalue weighted by molar-refractivity contribution is -0.151. The zero-order valence-electron chi connectivity index (χ0n) is 19.3. The fourth-order valence-corrected chi connectivity index (χ4v) is 8.74. The number of carbonyl (C=O) groups is 1. The van der Waals surface area contributed by atoms with Crippen molar-refractivity contribution in [2.24, 2.45) is 40.4 Å². The Kier molecular flexibility index (Phi) is 4.90. The van der Waals surface area contributed by atoms with Gasteiger partial charge in [0.1, 0.15) is 6.07 Å². The summed E-state index contributed by atoms with van der Waals surface area (Å²) in [5.74, 6) is 3.19. The molecule has 0 amide bonds. The topological polar surface area (TPSA) is 78.9 Å². The van der Waals surface area contributed by atoms with E-state index in [4.69, 9.17) is 5.26 Å². The Hall–Kier alpha value is -1.67. The lowest BCUT2D eigenvalue weighted by Crippen LogP contribution is -2.55. The molecule has 1 heterocycles. The van der Waals surface area contributed by atoms with Crippen LogP contribution < -0.4 is 0 Å². The van der Waals surface area contributed by atoms with E-state index in [-0.39, 0.29) is 17.9 Å². The minimum absolute atomic E-state index is 0.104. The maximum Gasteiger partial charge on any atom is 0.157 e. The third-order valence-corrected chi connectivity index (χ3v) is 10.4. The van der Waals surface area contributed by atoms with Crippen LogP contribution in [0.15, 0.2) is 12.4 Å². The molecule has 8 atom stereocenters. The van der Waals surface area contributed by atoms with Gasteiger partial charge in [-0.3, -0.25) is 9.48 Å². The number of ketones is 1. The summed E-state index contributed by atoms with van der Waals surface area (Å²) < 4.78 is 1.64. The number of rotatable bonds is 3. The molecule has 0 radical (unpaired) electrons. The van der Waals surface area contributed by atoms with Gasteiger partial charge in [0.15, 0.2) is 5.78 Å². The fourth-order valence-electron chi connectivity index (χ4n) is 8.74. The number of fused-ring (bicyclic) bond motifs is 5. The van der Waals surface area contributed by atoms with Crippen molar-refractivity contribution in [3.63, 3.8) is 0 Å². The van der Waals surface area contributed by atoms with Gasteiger partial charge in [0, 0.05) is 12.1 Å². The van der Waals surface area contributed by atoms with E-state index in [1.54, 1.807) is 17.1 Å². The lowest BCUT2D eigenvalue weighted by atomic mass is 9.44. The zero-order valence-corrected chi connectivity index (χ0v) is 19.3. The van der Waals surface area contributed by atoms with Crippen LogP contribution in [0.4, 0.5) is 0 Å². The molecular weight excluding hydrogens is 386 g/mol. The van der Waals surface area contributed by atoms with Gasteiger partial charge in [-0.05, 0) is 99.2 Å². The molecule has 4 fully saturated rings. The molecule has 0 spiro atoms. The number of Topliss-reactive ketones (excluding diaryl/α,β-unsaturated/α-hetero) is 1. The van der Waals surface area contributed by atoms with Gasteiger partial charge in [-0.2, -0.15) is 10.4 Å². The van der Waals surface area contributed by atoms with Crippen LogP contribution in [0.5, 0.6) is 0 Å². The van der Waals surface area contributed by atoms with Crippen molar-refractivity contribution in [2.75, 3.05) is 0 Å². The normalized spacial score (nSPS) is 46.5. The summed E-state index contributed by atoms with van der Waals surface area (Å²) in [5, 5.41) is 23.9. The van der Waals surface area contributed by atoms with Crippen LogP contribution >= 0.6 is 0 Å². The maximum atomic E-state index is 13.3. The minimum Gasteiger partial charge on any atom is -0.390 e. The number of aliphatic hydroxyl groups is 1. The minimum atomic E-state index is -0.483. The fraction of sp³-hybridized carbons (Fsp3) is 0.808. The SMILES string of the molecule is C[C@@]1(O)CC[C@@]2(C)[C@@H](CC[C@@H]3[C@@H]2CC[C@]2(C)[C@@H](C(=O)Cn4cc(C#N)cn4)CC[C@@H]32)C1. The van der Waals surface area contributed by atoms with Crippen molar-refractivity contribution >= 4 is 5.78 Å². The van der Waals surface area contributed by atoms with Gasteiger partial charge in [-0.25, -0.2) is 0 Å². The number of carbonyl (C=O) groups excluding carboxylic acids is 1. The van der Waals surface area contributed by atoms with Gasteiger partial charge in [-0.1, -0.05) is 13.8 Å².